The maximum atomic E-state index is 3.79. The lowest BCUT2D eigenvalue weighted by Gasteiger charge is -2.18. The minimum absolute atomic E-state index is 1.03. The number of unbranched alkanes of at least 4 members (excludes halogenated alkanes) is 13. The number of nitrogens with zero attached hydrogens (tertiary/aromatic N) is 1. The maximum absolute atomic E-state index is 3.79. The second-order valence-corrected chi connectivity index (χ2v) is 14.9. The van der Waals surface area contributed by atoms with Gasteiger partial charge in [-0.3, -0.25) is 0 Å². The molecule has 0 unspecified atom stereocenters. The molecule has 1 heterocycles. The van der Waals surface area contributed by atoms with Crippen LogP contribution in [0.25, 0.3) is 33.0 Å². The van der Waals surface area contributed by atoms with Crippen molar-refractivity contribution in [2.24, 2.45) is 0 Å². The van der Waals surface area contributed by atoms with E-state index in [0.29, 0.717) is 0 Å². The highest BCUT2D eigenvalue weighted by Gasteiger charge is 2.18. The Labute approximate surface area is 309 Å². The molecule has 0 saturated heterocycles. The number of fused-ring (bicyclic) bond motifs is 3. The highest BCUT2D eigenvalue weighted by atomic mass is 79.9. The Hall–Kier alpha value is -3.88. The molecule has 1 nitrogen and oxygen atoms in total. The van der Waals surface area contributed by atoms with Crippen molar-refractivity contribution in [3.63, 3.8) is 0 Å². The Balaban J connectivity index is 1.25. The zero-order valence-electron chi connectivity index (χ0n) is 30.1. The maximum Gasteiger partial charge on any atom is 0.0502 e. The third-order valence-electron chi connectivity index (χ3n) is 10.3. The molecule has 0 atom stereocenters. The van der Waals surface area contributed by atoms with E-state index in [-0.39, 0.29) is 0 Å². The predicted molar refractivity (Wildman–Crippen MR) is 222 cm³/mol. The SMILES string of the molecule is CCCCCCCCCCCCCCCCn1c2cc(Br)ccc2c2ccc(C(=C(c3ccccc3)c3ccccc3)c3ccccc3)cc21. The molecule has 0 aliphatic heterocycles. The summed E-state index contributed by atoms with van der Waals surface area (Å²) in [6.45, 7) is 3.33. The fourth-order valence-electron chi connectivity index (χ4n) is 7.65. The summed E-state index contributed by atoms with van der Waals surface area (Å²) in [5.74, 6) is 0. The third-order valence-corrected chi connectivity index (χ3v) is 10.8. The first kappa shape index (κ1) is 35.9. The largest absolute Gasteiger partial charge is 0.340 e. The molecular weight excluding hydrogens is 670 g/mol. The summed E-state index contributed by atoms with van der Waals surface area (Å²) >= 11 is 3.79. The average molecular weight is 725 g/mol. The van der Waals surface area contributed by atoms with Crippen molar-refractivity contribution in [2.75, 3.05) is 0 Å². The van der Waals surface area contributed by atoms with E-state index in [0.717, 1.165) is 11.0 Å². The lowest BCUT2D eigenvalue weighted by molar-refractivity contribution is 0.528. The average Bonchev–Trinajstić information content (AvgIpc) is 3.46. The smallest absolute Gasteiger partial charge is 0.0502 e. The fourth-order valence-corrected chi connectivity index (χ4v) is 8.00. The molecule has 0 aliphatic rings. The predicted octanol–water partition coefficient (Wildman–Crippen LogP) is 15.0. The van der Waals surface area contributed by atoms with Crippen LogP contribution >= 0.6 is 15.9 Å². The van der Waals surface area contributed by atoms with Gasteiger partial charge in [0.1, 0.15) is 0 Å². The van der Waals surface area contributed by atoms with Crippen LogP contribution in [0.1, 0.15) is 119 Å². The molecule has 1 aromatic heterocycles. The van der Waals surface area contributed by atoms with E-state index in [2.05, 4.69) is 155 Å². The summed E-state index contributed by atoms with van der Waals surface area (Å²) < 4.78 is 3.72. The van der Waals surface area contributed by atoms with Gasteiger partial charge in [0.25, 0.3) is 0 Å². The number of halogens is 1. The molecule has 5 aromatic carbocycles. The third kappa shape index (κ3) is 9.26. The Morgan fingerprint density at radius 1 is 0.420 bits per heavy atom. The van der Waals surface area contributed by atoms with Crippen LogP contribution in [0.4, 0.5) is 0 Å². The molecule has 0 saturated carbocycles. The van der Waals surface area contributed by atoms with E-state index in [4.69, 9.17) is 0 Å². The van der Waals surface area contributed by atoms with Crippen LogP contribution in [-0.4, -0.2) is 4.57 Å². The van der Waals surface area contributed by atoms with E-state index in [1.807, 2.05) is 0 Å². The molecule has 0 spiro atoms. The van der Waals surface area contributed by atoms with Crippen LogP contribution in [0.15, 0.2) is 132 Å². The minimum Gasteiger partial charge on any atom is -0.340 e. The summed E-state index contributed by atoms with van der Waals surface area (Å²) in [6, 6.07) is 46.7. The summed E-state index contributed by atoms with van der Waals surface area (Å²) in [6.07, 6.45) is 19.3. The highest BCUT2D eigenvalue weighted by Crippen LogP contribution is 2.39. The van der Waals surface area contributed by atoms with Crippen molar-refractivity contribution in [3.05, 3.63) is 154 Å². The van der Waals surface area contributed by atoms with Crippen LogP contribution in [0.5, 0.6) is 0 Å². The Morgan fingerprint density at radius 3 is 1.30 bits per heavy atom. The van der Waals surface area contributed by atoms with Gasteiger partial charge >= 0.3 is 0 Å². The van der Waals surface area contributed by atoms with Gasteiger partial charge in [0.05, 0.1) is 5.52 Å². The van der Waals surface area contributed by atoms with Crippen molar-refractivity contribution < 1.29 is 0 Å². The van der Waals surface area contributed by atoms with E-state index in [1.54, 1.807) is 0 Å². The standard InChI is InChI=1S/C48H54BrN/c1-2-3-4-5-6-7-8-9-10-11-12-13-14-24-35-50-45-36-41(31-33-43(45)44-34-32-42(49)37-46(44)50)48(40-29-22-17-23-30-40)47(38-25-18-15-19-26-38)39-27-20-16-21-28-39/h15-23,25-34,36-37H,2-14,24,35H2,1H3. The molecule has 50 heavy (non-hydrogen) atoms. The summed E-state index contributed by atoms with van der Waals surface area (Å²) in [5.41, 5.74) is 10.1. The summed E-state index contributed by atoms with van der Waals surface area (Å²) in [5, 5.41) is 2.66. The molecule has 258 valence electrons. The van der Waals surface area contributed by atoms with Gasteiger partial charge in [0.15, 0.2) is 0 Å². The zero-order valence-corrected chi connectivity index (χ0v) is 31.6. The van der Waals surface area contributed by atoms with Gasteiger partial charge in [-0.05, 0) is 58.0 Å². The lowest BCUT2D eigenvalue weighted by Crippen LogP contribution is -2.00. The first-order chi connectivity index (χ1) is 24.7. The zero-order chi connectivity index (χ0) is 34.4. The van der Waals surface area contributed by atoms with Gasteiger partial charge in [-0.25, -0.2) is 0 Å². The van der Waals surface area contributed by atoms with E-state index >= 15 is 0 Å². The van der Waals surface area contributed by atoms with Crippen LogP contribution in [0, 0.1) is 0 Å². The molecule has 0 fully saturated rings. The molecule has 0 bridgehead atoms. The lowest BCUT2D eigenvalue weighted by atomic mass is 9.85. The molecule has 6 aromatic rings. The first-order valence-corrected chi connectivity index (χ1v) is 20.2. The Bertz CT molecular complexity index is 1890. The van der Waals surface area contributed by atoms with E-state index < -0.39 is 0 Å². The molecule has 0 amide bonds. The van der Waals surface area contributed by atoms with E-state index in [9.17, 15) is 0 Å². The van der Waals surface area contributed by atoms with Gasteiger partial charge in [-0.1, -0.05) is 216 Å². The molecule has 0 aliphatic carbocycles. The molecule has 0 N–H and O–H groups in total. The van der Waals surface area contributed by atoms with Crippen LogP contribution in [0.2, 0.25) is 0 Å². The van der Waals surface area contributed by atoms with Gasteiger partial charge in [-0.2, -0.15) is 0 Å². The van der Waals surface area contributed by atoms with Crippen molar-refractivity contribution in [3.8, 4) is 0 Å². The quantitative estimate of drug-likeness (QED) is 0.0579. The topological polar surface area (TPSA) is 4.93 Å². The van der Waals surface area contributed by atoms with Crippen LogP contribution in [0.3, 0.4) is 0 Å². The molecule has 6 rings (SSSR count). The molecular formula is C48H54BrN. The number of benzene rings is 5. The first-order valence-electron chi connectivity index (χ1n) is 19.4. The van der Waals surface area contributed by atoms with Crippen molar-refractivity contribution in [1.82, 2.24) is 4.57 Å². The Kier molecular flexibility index (Phi) is 13.6. The number of aromatic nitrogens is 1. The van der Waals surface area contributed by atoms with Gasteiger partial charge in [0.2, 0.25) is 0 Å². The monoisotopic (exact) mass is 723 g/mol. The van der Waals surface area contributed by atoms with Gasteiger partial charge < -0.3 is 4.57 Å². The van der Waals surface area contributed by atoms with Crippen molar-refractivity contribution >= 4 is 48.9 Å². The van der Waals surface area contributed by atoms with Gasteiger partial charge in [0, 0.05) is 27.3 Å². The summed E-state index contributed by atoms with van der Waals surface area (Å²) in [4.78, 5) is 0. The molecule has 0 radical (unpaired) electrons. The summed E-state index contributed by atoms with van der Waals surface area (Å²) in [7, 11) is 0. The minimum atomic E-state index is 1.03. The molecule has 2 heteroatoms. The number of aryl methyl sites for hydroxylation is 1. The highest BCUT2D eigenvalue weighted by molar-refractivity contribution is 9.10. The second-order valence-electron chi connectivity index (χ2n) is 14.0. The Morgan fingerprint density at radius 2 is 0.820 bits per heavy atom. The normalized spacial score (nSPS) is 11.4. The number of rotatable bonds is 19. The number of hydrogen-bond donors (Lipinski definition) is 0. The van der Waals surface area contributed by atoms with Crippen LogP contribution < -0.4 is 0 Å². The number of hydrogen-bond acceptors (Lipinski definition) is 0. The van der Waals surface area contributed by atoms with Crippen molar-refractivity contribution in [1.29, 1.82) is 0 Å². The van der Waals surface area contributed by atoms with Gasteiger partial charge in [-0.15, -0.1) is 0 Å². The van der Waals surface area contributed by atoms with Crippen molar-refractivity contribution in [2.45, 2.75) is 103 Å². The van der Waals surface area contributed by atoms with Crippen LogP contribution in [-0.2, 0) is 6.54 Å². The fraction of sp³-hybridized carbons (Fsp3) is 0.333. The second kappa shape index (κ2) is 18.9. The van der Waals surface area contributed by atoms with E-state index in [1.165, 1.54) is 145 Å².